The highest BCUT2D eigenvalue weighted by atomic mass is 16.1. The second kappa shape index (κ2) is 3.49. The number of H-pyrrole nitrogens is 1. The zero-order valence-corrected chi connectivity index (χ0v) is 7.24. The van der Waals surface area contributed by atoms with Gasteiger partial charge >= 0.3 is 0 Å². The maximum atomic E-state index is 10.9. The average Bonchev–Trinajstić information content (AvgIpc) is 2.03. The van der Waals surface area contributed by atoms with E-state index < -0.39 is 0 Å². The molecule has 0 amide bonds. The number of hydrogen-bond donors (Lipinski definition) is 2. The molecule has 1 unspecified atom stereocenters. The van der Waals surface area contributed by atoms with E-state index in [0.717, 1.165) is 0 Å². The number of aromatic nitrogens is 2. The fourth-order valence-corrected chi connectivity index (χ4v) is 0.907. The molecule has 0 aliphatic rings. The summed E-state index contributed by atoms with van der Waals surface area (Å²) in [7, 11) is 0. The van der Waals surface area contributed by atoms with Crippen LogP contribution in [0.5, 0.6) is 0 Å². The van der Waals surface area contributed by atoms with Gasteiger partial charge in [-0.05, 0) is 5.92 Å². The molecule has 12 heavy (non-hydrogen) atoms. The van der Waals surface area contributed by atoms with Gasteiger partial charge in [0.25, 0.3) is 5.56 Å². The lowest BCUT2D eigenvalue weighted by molar-refractivity contribution is 0.501. The van der Waals surface area contributed by atoms with E-state index in [1.165, 1.54) is 12.4 Å². The van der Waals surface area contributed by atoms with Crippen molar-refractivity contribution in [1.82, 2.24) is 9.97 Å². The summed E-state index contributed by atoms with van der Waals surface area (Å²) in [4.78, 5) is 17.3. The third-order valence-corrected chi connectivity index (χ3v) is 1.76. The fraction of sp³-hybridized carbons (Fsp3) is 0.500. The van der Waals surface area contributed by atoms with E-state index in [4.69, 9.17) is 5.73 Å². The predicted octanol–water partition coefficient (Wildman–Crippen LogP) is 0.426. The Balaban J connectivity index is 2.95. The number of nitrogens with two attached hydrogens (primary N) is 1. The van der Waals surface area contributed by atoms with Crippen LogP contribution in [-0.4, -0.2) is 9.97 Å². The van der Waals surface area contributed by atoms with E-state index in [-0.39, 0.29) is 11.6 Å². The second-order valence-corrected chi connectivity index (χ2v) is 3.11. The highest BCUT2D eigenvalue weighted by Crippen LogP contribution is 2.13. The van der Waals surface area contributed by atoms with E-state index in [2.05, 4.69) is 9.97 Å². The lowest BCUT2D eigenvalue weighted by Crippen LogP contribution is -2.20. The van der Waals surface area contributed by atoms with E-state index >= 15 is 0 Å². The van der Waals surface area contributed by atoms with E-state index in [0.29, 0.717) is 11.6 Å². The molecular formula is C8H13N3O. The minimum absolute atomic E-state index is 0.156. The van der Waals surface area contributed by atoms with Gasteiger partial charge in [-0.1, -0.05) is 13.8 Å². The van der Waals surface area contributed by atoms with E-state index in [9.17, 15) is 4.79 Å². The Morgan fingerprint density at radius 1 is 1.58 bits per heavy atom. The Hall–Kier alpha value is -1.16. The topological polar surface area (TPSA) is 71.8 Å². The van der Waals surface area contributed by atoms with Crippen LogP contribution in [0.1, 0.15) is 25.6 Å². The lowest BCUT2D eigenvalue weighted by atomic mass is 10.0. The van der Waals surface area contributed by atoms with Crippen LogP contribution in [0, 0.1) is 5.92 Å². The SMILES string of the molecule is CC(C)C(N)c1cc(=O)[nH]cn1. The molecule has 0 bridgehead atoms. The van der Waals surface area contributed by atoms with E-state index in [1.54, 1.807) is 0 Å². The summed E-state index contributed by atoms with van der Waals surface area (Å²) in [6, 6.07) is 1.28. The van der Waals surface area contributed by atoms with Gasteiger partial charge in [0.1, 0.15) is 0 Å². The molecule has 3 N–H and O–H groups in total. The van der Waals surface area contributed by atoms with Gasteiger partial charge in [-0.2, -0.15) is 0 Å². The highest BCUT2D eigenvalue weighted by molar-refractivity contribution is 5.04. The highest BCUT2D eigenvalue weighted by Gasteiger charge is 2.11. The molecule has 1 rings (SSSR count). The molecule has 0 saturated heterocycles. The van der Waals surface area contributed by atoms with Crippen LogP contribution in [0.2, 0.25) is 0 Å². The summed E-state index contributed by atoms with van der Waals surface area (Å²) >= 11 is 0. The molecule has 0 spiro atoms. The molecule has 4 heteroatoms. The maximum absolute atomic E-state index is 10.9. The van der Waals surface area contributed by atoms with Crippen molar-refractivity contribution >= 4 is 0 Å². The zero-order chi connectivity index (χ0) is 9.14. The molecule has 0 aromatic carbocycles. The molecule has 0 fully saturated rings. The molecule has 1 aromatic rings. The van der Waals surface area contributed by atoms with Gasteiger partial charge in [0.05, 0.1) is 12.0 Å². The van der Waals surface area contributed by atoms with Gasteiger partial charge in [-0.3, -0.25) is 4.79 Å². The van der Waals surface area contributed by atoms with Crippen molar-refractivity contribution in [3.63, 3.8) is 0 Å². The Morgan fingerprint density at radius 2 is 2.25 bits per heavy atom. The first-order chi connectivity index (χ1) is 5.61. The molecule has 66 valence electrons. The van der Waals surface area contributed by atoms with Crippen LogP contribution in [-0.2, 0) is 0 Å². The van der Waals surface area contributed by atoms with Gasteiger partial charge in [-0.15, -0.1) is 0 Å². The van der Waals surface area contributed by atoms with Crippen molar-refractivity contribution in [2.24, 2.45) is 11.7 Å². The van der Waals surface area contributed by atoms with Crippen LogP contribution >= 0.6 is 0 Å². The summed E-state index contributed by atoms with van der Waals surface area (Å²) in [6.07, 6.45) is 1.37. The standard InChI is InChI=1S/C8H13N3O/c1-5(2)8(9)6-3-7(12)11-4-10-6/h3-5,8H,9H2,1-2H3,(H,10,11,12). The first kappa shape index (κ1) is 8.93. The molecule has 4 nitrogen and oxygen atoms in total. The van der Waals surface area contributed by atoms with Gasteiger partial charge in [0.15, 0.2) is 0 Å². The van der Waals surface area contributed by atoms with Crippen molar-refractivity contribution in [3.8, 4) is 0 Å². The second-order valence-electron chi connectivity index (χ2n) is 3.11. The molecule has 0 radical (unpaired) electrons. The zero-order valence-electron chi connectivity index (χ0n) is 7.24. The number of nitrogens with one attached hydrogen (secondary N) is 1. The quantitative estimate of drug-likeness (QED) is 0.670. The van der Waals surface area contributed by atoms with Crippen LogP contribution in [0.25, 0.3) is 0 Å². The normalized spacial score (nSPS) is 13.3. The Morgan fingerprint density at radius 3 is 2.75 bits per heavy atom. The molecule has 0 aliphatic carbocycles. The maximum Gasteiger partial charge on any atom is 0.250 e. The molecular weight excluding hydrogens is 154 g/mol. The number of hydrogen-bond acceptors (Lipinski definition) is 3. The van der Waals surface area contributed by atoms with Crippen molar-refractivity contribution < 1.29 is 0 Å². The van der Waals surface area contributed by atoms with Gasteiger partial charge in [0, 0.05) is 12.1 Å². The van der Waals surface area contributed by atoms with Crippen LogP contribution in [0.3, 0.4) is 0 Å². The third-order valence-electron chi connectivity index (χ3n) is 1.76. The summed E-state index contributed by atoms with van der Waals surface area (Å²) in [5.41, 5.74) is 6.28. The summed E-state index contributed by atoms with van der Waals surface area (Å²) < 4.78 is 0. The van der Waals surface area contributed by atoms with Crippen molar-refractivity contribution in [1.29, 1.82) is 0 Å². The van der Waals surface area contributed by atoms with E-state index in [1.807, 2.05) is 13.8 Å². The van der Waals surface area contributed by atoms with Gasteiger partial charge < -0.3 is 10.7 Å². The number of aromatic amines is 1. The lowest BCUT2D eigenvalue weighted by Gasteiger charge is -2.13. The van der Waals surface area contributed by atoms with Crippen LogP contribution in [0.15, 0.2) is 17.2 Å². The predicted molar refractivity (Wildman–Crippen MR) is 46.6 cm³/mol. The number of rotatable bonds is 2. The monoisotopic (exact) mass is 167 g/mol. The van der Waals surface area contributed by atoms with Crippen molar-refractivity contribution in [3.05, 3.63) is 28.4 Å². The van der Waals surface area contributed by atoms with Gasteiger partial charge in [-0.25, -0.2) is 4.98 Å². The Bertz CT molecular complexity index is 305. The molecule has 0 saturated carbocycles. The Labute approximate surface area is 70.8 Å². The number of nitrogens with zero attached hydrogens (tertiary/aromatic N) is 1. The minimum atomic E-state index is -0.160. The fourth-order valence-electron chi connectivity index (χ4n) is 0.907. The summed E-state index contributed by atoms with van der Waals surface area (Å²) in [5, 5.41) is 0. The molecule has 0 aliphatic heterocycles. The summed E-state index contributed by atoms with van der Waals surface area (Å²) in [6.45, 7) is 3.99. The van der Waals surface area contributed by atoms with Crippen LogP contribution in [0.4, 0.5) is 0 Å². The van der Waals surface area contributed by atoms with Gasteiger partial charge in [0.2, 0.25) is 0 Å². The minimum Gasteiger partial charge on any atom is -0.322 e. The van der Waals surface area contributed by atoms with Crippen molar-refractivity contribution in [2.75, 3.05) is 0 Å². The average molecular weight is 167 g/mol. The third kappa shape index (κ3) is 1.92. The summed E-state index contributed by atoms with van der Waals surface area (Å²) in [5.74, 6) is 0.291. The molecule has 1 aromatic heterocycles. The van der Waals surface area contributed by atoms with Crippen LogP contribution < -0.4 is 11.3 Å². The smallest absolute Gasteiger partial charge is 0.250 e. The first-order valence-corrected chi connectivity index (χ1v) is 3.91. The molecule has 1 heterocycles. The first-order valence-electron chi connectivity index (χ1n) is 3.91. The molecule has 1 atom stereocenters. The largest absolute Gasteiger partial charge is 0.322 e. The van der Waals surface area contributed by atoms with Crippen molar-refractivity contribution in [2.45, 2.75) is 19.9 Å². The Kier molecular flexibility index (Phi) is 2.60.